The molecule has 0 spiro atoms. The molecule has 88 valence electrons. The zero-order valence-corrected chi connectivity index (χ0v) is 10.0. The summed E-state index contributed by atoms with van der Waals surface area (Å²) in [6.45, 7) is 1.47. The number of amides is 1. The SMILES string of the molecule is CN(C(=O)CN(C)S(C)(=O)=O)C1CNC1. The normalized spacial score (nSPS) is 17.6. The van der Waals surface area contributed by atoms with Crippen LogP contribution < -0.4 is 5.32 Å². The Labute approximate surface area is 90.3 Å². The molecule has 15 heavy (non-hydrogen) atoms. The molecule has 1 saturated heterocycles. The molecule has 0 aromatic carbocycles. The second-order valence-corrected chi connectivity index (χ2v) is 5.93. The lowest BCUT2D eigenvalue weighted by Gasteiger charge is -2.36. The van der Waals surface area contributed by atoms with Crippen LogP contribution in [0.25, 0.3) is 0 Å². The van der Waals surface area contributed by atoms with E-state index in [-0.39, 0.29) is 18.5 Å². The third-order valence-corrected chi connectivity index (χ3v) is 3.89. The van der Waals surface area contributed by atoms with Crippen LogP contribution in [0, 0.1) is 0 Å². The Bertz CT molecular complexity index is 337. The van der Waals surface area contributed by atoms with Gasteiger partial charge in [-0.3, -0.25) is 4.79 Å². The zero-order valence-electron chi connectivity index (χ0n) is 9.23. The van der Waals surface area contributed by atoms with Gasteiger partial charge >= 0.3 is 0 Å². The molecule has 0 atom stereocenters. The van der Waals surface area contributed by atoms with Gasteiger partial charge in [0, 0.05) is 27.2 Å². The number of hydrogen-bond donors (Lipinski definition) is 1. The van der Waals surface area contributed by atoms with Crippen LogP contribution in [-0.4, -0.2) is 69.6 Å². The van der Waals surface area contributed by atoms with Gasteiger partial charge in [-0.1, -0.05) is 0 Å². The topological polar surface area (TPSA) is 69.7 Å². The van der Waals surface area contributed by atoms with Crippen molar-refractivity contribution in [3.8, 4) is 0 Å². The second kappa shape index (κ2) is 4.46. The van der Waals surface area contributed by atoms with Crippen LogP contribution in [-0.2, 0) is 14.8 Å². The Hall–Kier alpha value is -0.660. The zero-order chi connectivity index (χ0) is 11.6. The molecule has 1 aliphatic rings. The van der Waals surface area contributed by atoms with Crippen molar-refractivity contribution in [2.24, 2.45) is 0 Å². The van der Waals surface area contributed by atoms with Crippen molar-refractivity contribution in [2.75, 3.05) is 40.0 Å². The van der Waals surface area contributed by atoms with Gasteiger partial charge in [0.1, 0.15) is 0 Å². The fraction of sp³-hybridized carbons (Fsp3) is 0.875. The molecule has 0 unspecified atom stereocenters. The average molecular weight is 235 g/mol. The number of carbonyl (C=O) groups excluding carboxylic acids is 1. The van der Waals surface area contributed by atoms with E-state index in [0.717, 1.165) is 23.7 Å². The average Bonchev–Trinajstić information content (AvgIpc) is 1.98. The first-order valence-corrected chi connectivity index (χ1v) is 6.55. The molecule has 1 aliphatic heterocycles. The van der Waals surface area contributed by atoms with Crippen molar-refractivity contribution in [1.29, 1.82) is 0 Å². The van der Waals surface area contributed by atoms with Gasteiger partial charge in [-0.15, -0.1) is 0 Å². The standard InChI is InChI=1S/C8H17N3O3S/c1-10(15(3,13)14)6-8(12)11(2)7-4-9-5-7/h7,9H,4-6H2,1-3H3. The predicted octanol–water partition coefficient (Wildman–Crippen LogP) is -1.69. The molecular weight excluding hydrogens is 218 g/mol. The monoisotopic (exact) mass is 235 g/mol. The minimum atomic E-state index is -3.28. The van der Waals surface area contributed by atoms with Crippen LogP contribution in [0.1, 0.15) is 0 Å². The van der Waals surface area contributed by atoms with Crippen molar-refractivity contribution in [3.05, 3.63) is 0 Å². The van der Waals surface area contributed by atoms with Crippen LogP contribution in [0.3, 0.4) is 0 Å². The van der Waals surface area contributed by atoms with E-state index in [1.807, 2.05) is 0 Å². The van der Waals surface area contributed by atoms with Crippen molar-refractivity contribution in [3.63, 3.8) is 0 Å². The number of likely N-dealkylation sites (N-methyl/N-ethyl adjacent to an activating group) is 2. The smallest absolute Gasteiger partial charge is 0.237 e. The summed E-state index contributed by atoms with van der Waals surface area (Å²) in [5.41, 5.74) is 0. The third kappa shape index (κ3) is 3.15. The molecule has 1 rings (SSSR count). The first-order chi connectivity index (χ1) is 6.82. The van der Waals surface area contributed by atoms with Gasteiger partial charge in [0.25, 0.3) is 0 Å². The molecule has 0 bridgehead atoms. The molecular formula is C8H17N3O3S. The summed E-state index contributed by atoms with van der Waals surface area (Å²) in [6, 6.07) is 0.200. The molecule has 1 N–H and O–H groups in total. The highest BCUT2D eigenvalue weighted by molar-refractivity contribution is 7.88. The minimum absolute atomic E-state index is 0.0914. The summed E-state index contributed by atoms with van der Waals surface area (Å²) >= 11 is 0. The molecule has 0 aromatic heterocycles. The molecule has 6 nitrogen and oxygen atoms in total. The fourth-order valence-electron chi connectivity index (χ4n) is 1.17. The van der Waals surface area contributed by atoms with Gasteiger partial charge in [0.15, 0.2) is 0 Å². The maximum absolute atomic E-state index is 11.6. The molecule has 1 amide bonds. The van der Waals surface area contributed by atoms with Crippen molar-refractivity contribution in [1.82, 2.24) is 14.5 Å². The van der Waals surface area contributed by atoms with Crippen molar-refractivity contribution in [2.45, 2.75) is 6.04 Å². The molecule has 0 saturated carbocycles. The highest BCUT2D eigenvalue weighted by atomic mass is 32.2. The Morgan fingerprint density at radius 2 is 1.93 bits per heavy atom. The van der Waals surface area contributed by atoms with Crippen molar-refractivity contribution < 1.29 is 13.2 Å². The van der Waals surface area contributed by atoms with Gasteiger partial charge in [0.2, 0.25) is 15.9 Å². The van der Waals surface area contributed by atoms with Crippen LogP contribution in [0.15, 0.2) is 0 Å². The van der Waals surface area contributed by atoms with E-state index in [2.05, 4.69) is 5.32 Å². The van der Waals surface area contributed by atoms with E-state index in [4.69, 9.17) is 0 Å². The third-order valence-electron chi connectivity index (χ3n) is 2.63. The summed E-state index contributed by atoms with van der Waals surface area (Å²) in [5.74, 6) is -0.172. The van der Waals surface area contributed by atoms with E-state index in [1.165, 1.54) is 7.05 Å². The van der Waals surface area contributed by atoms with Crippen molar-refractivity contribution >= 4 is 15.9 Å². The molecule has 1 fully saturated rings. The summed E-state index contributed by atoms with van der Waals surface area (Å²) in [5, 5.41) is 3.05. The van der Waals surface area contributed by atoms with Gasteiger partial charge in [-0.25, -0.2) is 8.42 Å². The number of sulfonamides is 1. The van der Waals surface area contributed by atoms with Gasteiger partial charge in [-0.05, 0) is 0 Å². The minimum Gasteiger partial charge on any atom is -0.339 e. The van der Waals surface area contributed by atoms with E-state index in [1.54, 1.807) is 11.9 Å². The largest absolute Gasteiger partial charge is 0.339 e. The quantitative estimate of drug-likeness (QED) is 0.631. The fourth-order valence-corrected chi connectivity index (χ4v) is 1.52. The van der Waals surface area contributed by atoms with Crippen LogP contribution >= 0.6 is 0 Å². The van der Waals surface area contributed by atoms with Gasteiger partial charge in [-0.2, -0.15) is 4.31 Å². The molecule has 1 heterocycles. The van der Waals surface area contributed by atoms with E-state index in [9.17, 15) is 13.2 Å². The Kier molecular flexibility index (Phi) is 3.69. The highest BCUT2D eigenvalue weighted by Crippen LogP contribution is 2.03. The van der Waals surface area contributed by atoms with Gasteiger partial charge in [0.05, 0.1) is 18.8 Å². The first-order valence-electron chi connectivity index (χ1n) is 4.70. The number of hydrogen-bond acceptors (Lipinski definition) is 4. The summed E-state index contributed by atoms with van der Waals surface area (Å²) in [6.07, 6.45) is 1.09. The Morgan fingerprint density at radius 3 is 2.27 bits per heavy atom. The lowest BCUT2D eigenvalue weighted by molar-refractivity contribution is -0.132. The maximum Gasteiger partial charge on any atom is 0.237 e. The van der Waals surface area contributed by atoms with E-state index in [0.29, 0.717) is 0 Å². The molecule has 7 heteroatoms. The lowest BCUT2D eigenvalue weighted by atomic mass is 10.1. The van der Waals surface area contributed by atoms with Crippen LogP contribution in [0.4, 0.5) is 0 Å². The number of carbonyl (C=O) groups is 1. The highest BCUT2D eigenvalue weighted by Gasteiger charge is 2.26. The predicted molar refractivity (Wildman–Crippen MR) is 56.9 cm³/mol. The van der Waals surface area contributed by atoms with Crippen LogP contribution in [0.5, 0.6) is 0 Å². The van der Waals surface area contributed by atoms with Crippen LogP contribution in [0.2, 0.25) is 0 Å². The molecule has 0 aromatic rings. The molecule has 0 aliphatic carbocycles. The first kappa shape index (κ1) is 12.4. The van der Waals surface area contributed by atoms with E-state index >= 15 is 0 Å². The number of nitrogens with one attached hydrogen (secondary N) is 1. The maximum atomic E-state index is 11.6. The van der Waals surface area contributed by atoms with Gasteiger partial charge < -0.3 is 10.2 Å². The Balaban J connectivity index is 2.47. The summed E-state index contributed by atoms with van der Waals surface area (Å²) in [7, 11) is -0.174. The lowest BCUT2D eigenvalue weighted by Crippen LogP contribution is -2.58. The number of rotatable bonds is 4. The summed E-state index contributed by atoms with van der Waals surface area (Å²) in [4.78, 5) is 13.2. The number of nitrogens with zero attached hydrogens (tertiary/aromatic N) is 2. The second-order valence-electron chi connectivity index (χ2n) is 3.84. The Morgan fingerprint density at radius 1 is 1.40 bits per heavy atom. The molecule has 0 radical (unpaired) electrons. The summed E-state index contributed by atoms with van der Waals surface area (Å²) < 4.78 is 23.2. The van der Waals surface area contributed by atoms with E-state index < -0.39 is 10.0 Å².